The number of thiocarbonyl (C=S) groups is 1. The highest BCUT2D eigenvalue weighted by atomic mass is 32.1. The van der Waals surface area contributed by atoms with Crippen molar-refractivity contribution >= 4 is 33.8 Å². The molecular weight excluding hydrogens is 374 g/mol. The van der Waals surface area contributed by atoms with Crippen molar-refractivity contribution in [2.24, 2.45) is 0 Å². The van der Waals surface area contributed by atoms with Crippen molar-refractivity contribution < 1.29 is 14.6 Å². The average molecular weight is 395 g/mol. The minimum absolute atomic E-state index is 0.129. The number of phenolic OH excluding ortho intramolecular Hbond substituents is 1. The number of rotatable bonds is 6. The molecule has 0 saturated carbocycles. The number of hydrazine groups is 1. The second kappa shape index (κ2) is 8.02. The van der Waals surface area contributed by atoms with Gasteiger partial charge in [0.05, 0.1) is 12.3 Å². The van der Waals surface area contributed by atoms with Crippen LogP contribution >= 0.6 is 12.2 Å². The van der Waals surface area contributed by atoms with Gasteiger partial charge in [-0.15, -0.1) is 0 Å². The van der Waals surface area contributed by atoms with Gasteiger partial charge in [0.2, 0.25) is 0 Å². The standard InChI is InChI=1S/C21H21N3O3S/c1-26-11-12-27-15-9-10-17(19(25)13-15)20-22-23-21(28)24(20)18-8-4-6-14-5-2-3-7-16(14)18/h2-10,13,20,22,25H,11-12H2,1H3,(H,23,28). The number of fused-ring (bicyclic) bond motifs is 1. The van der Waals surface area contributed by atoms with Crippen molar-refractivity contribution in [1.29, 1.82) is 0 Å². The van der Waals surface area contributed by atoms with Crippen LogP contribution in [0.4, 0.5) is 5.69 Å². The SMILES string of the molecule is COCCOc1ccc(C2NNC(=S)N2c2cccc3ccccc23)c(O)c1. The van der Waals surface area contributed by atoms with E-state index in [4.69, 9.17) is 21.7 Å². The number of nitrogens with zero attached hydrogens (tertiary/aromatic N) is 1. The predicted octanol–water partition coefficient (Wildman–Crippen LogP) is 3.47. The van der Waals surface area contributed by atoms with E-state index < -0.39 is 0 Å². The molecule has 0 aromatic heterocycles. The molecule has 6 nitrogen and oxygen atoms in total. The van der Waals surface area contributed by atoms with Gasteiger partial charge < -0.3 is 14.6 Å². The number of phenols is 1. The zero-order chi connectivity index (χ0) is 19.5. The van der Waals surface area contributed by atoms with Crippen molar-refractivity contribution in [2.45, 2.75) is 6.17 Å². The minimum atomic E-state index is -0.355. The topological polar surface area (TPSA) is 66.0 Å². The Morgan fingerprint density at radius 2 is 1.89 bits per heavy atom. The lowest BCUT2D eigenvalue weighted by molar-refractivity contribution is 0.146. The second-order valence-corrected chi connectivity index (χ2v) is 6.79. The molecule has 1 aliphatic heterocycles. The average Bonchev–Trinajstić information content (AvgIpc) is 3.09. The summed E-state index contributed by atoms with van der Waals surface area (Å²) in [7, 11) is 1.62. The lowest BCUT2D eigenvalue weighted by Gasteiger charge is -2.26. The Kier molecular flexibility index (Phi) is 5.29. The largest absolute Gasteiger partial charge is 0.507 e. The molecule has 28 heavy (non-hydrogen) atoms. The minimum Gasteiger partial charge on any atom is -0.507 e. The number of hydrogen-bond donors (Lipinski definition) is 3. The van der Waals surface area contributed by atoms with Gasteiger partial charge in [-0.2, -0.15) is 0 Å². The summed E-state index contributed by atoms with van der Waals surface area (Å²) in [5.74, 6) is 0.715. The van der Waals surface area contributed by atoms with Crippen molar-refractivity contribution in [3.05, 3.63) is 66.2 Å². The van der Waals surface area contributed by atoms with Crippen molar-refractivity contribution in [2.75, 3.05) is 25.2 Å². The predicted molar refractivity (Wildman–Crippen MR) is 114 cm³/mol. The molecule has 1 unspecified atom stereocenters. The summed E-state index contributed by atoms with van der Waals surface area (Å²) in [6.07, 6.45) is -0.355. The third-order valence-electron chi connectivity index (χ3n) is 4.67. The van der Waals surface area contributed by atoms with Crippen LogP contribution in [0.5, 0.6) is 11.5 Å². The van der Waals surface area contributed by atoms with Crippen LogP contribution in [0.25, 0.3) is 10.8 Å². The van der Waals surface area contributed by atoms with Crippen LogP contribution in [0.1, 0.15) is 11.7 Å². The first-order valence-electron chi connectivity index (χ1n) is 8.96. The number of aromatic hydroxyl groups is 1. The summed E-state index contributed by atoms with van der Waals surface area (Å²) in [4.78, 5) is 1.97. The molecule has 1 saturated heterocycles. The Labute approximate surface area is 168 Å². The van der Waals surface area contributed by atoms with Gasteiger partial charge in [0.15, 0.2) is 5.11 Å². The Morgan fingerprint density at radius 1 is 1.07 bits per heavy atom. The van der Waals surface area contributed by atoms with E-state index in [9.17, 15) is 5.11 Å². The molecule has 3 aromatic carbocycles. The van der Waals surface area contributed by atoms with Crippen LogP contribution in [0.3, 0.4) is 0 Å². The first-order chi connectivity index (χ1) is 13.7. The van der Waals surface area contributed by atoms with E-state index in [-0.39, 0.29) is 11.9 Å². The summed E-state index contributed by atoms with van der Waals surface area (Å²) in [6, 6.07) is 19.5. The van der Waals surface area contributed by atoms with E-state index in [2.05, 4.69) is 29.1 Å². The molecule has 3 aromatic rings. The number of hydrogen-bond acceptors (Lipinski definition) is 5. The van der Waals surface area contributed by atoms with Gasteiger partial charge in [-0.05, 0) is 35.8 Å². The lowest BCUT2D eigenvalue weighted by atomic mass is 10.1. The number of ether oxygens (including phenoxy) is 2. The molecule has 0 amide bonds. The molecular formula is C21H21N3O3S. The summed E-state index contributed by atoms with van der Waals surface area (Å²) in [5, 5.41) is 13.4. The van der Waals surface area contributed by atoms with Crippen molar-refractivity contribution in [3.8, 4) is 11.5 Å². The molecule has 3 N–H and O–H groups in total. The van der Waals surface area contributed by atoms with E-state index in [0.717, 1.165) is 16.5 Å². The fraction of sp³-hybridized carbons (Fsp3) is 0.190. The van der Waals surface area contributed by atoms with E-state index >= 15 is 0 Å². The lowest BCUT2D eigenvalue weighted by Crippen LogP contribution is -2.29. The zero-order valence-electron chi connectivity index (χ0n) is 15.4. The third-order valence-corrected chi connectivity index (χ3v) is 4.97. The van der Waals surface area contributed by atoms with Gasteiger partial charge in [-0.1, -0.05) is 36.4 Å². The van der Waals surface area contributed by atoms with Crippen LogP contribution in [0, 0.1) is 0 Å². The number of methoxy groups -OCH3 is 1. The molecule has 144 valence electrons. The van der Waals surface area contributed by atoms with Gasteiger partial charge in [-0.25, -0.2) is 5.43 Å². The molecule has 7 heteroatoms. The number of anilines is 1. The highest BCUT2D eigenvalue weighted by Crippen LogP contribution is 2.37. The van der Waals surface area contributed by atoms with Crippen molar-refractivity contribution in [1.82, 2.24) is 10.9 Å². The van der Waals surface area contributed by atoms with E-state index in [1.165, 1.54) is 0 Å². The molecule has 1 aliphatic rings. The monoisotopic (exact) mass is 395 g/mol. The van der Waals surface area contributed by atoms with E-state index in [0.29, 0.717) is 29.6 Å². The van der Waals surface area contributed by atoms with Gasteiger partial charge in [0, 0.05) is 24.1 Å². The van der Waals surface area contributed by atoms with Crippen LogP contribution in [0.2, 0.25) is 0 Å². The van der Waals surface area contributed by atoms with E-state index in [1.807, 2.05) is 41.3 Å². The quantitative estimate of drug-likeness (QED) is 0.436. The number of nitrogens with one attached hydrogen (secondary N) is 2. The van der Waals surface area contributed by atoms with Crippen LogP contribution in [-0.4, -0.2) is 30.5 Å². The normalized spacial score (nSPS) is 16.4. The molecule has 4 rings (SSSR count). The first-order valence-corrected chi connectivity index (χ1v) is 9.37. The maximum atomic E-state index is 10.6. The Hall–Kier alpha value is -2.87. The van der Waals surface area contributed by atoms with Crippen LogP contribution < -0.4 is 20.5 Å². The maximum Gasteiger partial charge on any atom is 0.189 e. The molecule has 0 bridgehead atoms. The molecule has 1 heterocycles. The van der Waals surface area contributed by atoms with Gasteiger partial charge >= 0.3 is 0 Å². The summed E-state index contributed by atoms with van der Waals surface area (Å²) in [6.45, 7) is 0.907. The van der Waals surface area contributed by atoms with Gasteiger partial charge in [0.25, 0.3) is 0 Å². The van der Waals surface area contributed by atoms with Crippen molar-refractivity contribution in [3.63, 3.8) is 0 Å². The fourth-order valence-corrected chi connectivity index (χ4v) is 3.61. The molecule has 0 radical (unpaired) electrons. The molecule has 0 spiro atoms. The Bertz CT molecular complexity index is 1010. The highest BCUT2D eigenvalue weighted by molar-refractivity contribution is 7.80. The van der Waals surface area contributed by atoms with E-state index in [1.54, 1.807) is 13.2 Å². The van der Waals surface area contributed by atoms with Gasteiger partial charge in [-0.3, -0.25) is 10.3 Å². The first kappa shape index (κ1) is 18.5. The zero-order valence-corrected chi connectivity index (χ0v) is 16.2. The summed E-state index contributed by atoms with van der Waals surface area (Å²) >= 11 is 5.53. The molecule has 1 fully saturated rings. The smallest absolute Gasteiger partial charge is 0.189 e. The summed E-state index contributed by atoms with van der Waals surface area (Å²) in [5.41, 5.74) is 7.83. The highest BCUT2D eigenvalue weighted by Gasteiger charge is 2.33. The number of benzene rings is 3. The Balaban J connectivity index is 1.68. The fourth-order valence-electron chi connectivity index (χ4n) is 3.34. The summed E-state index contributed by atoms with van der Waals surface area (Å²) < 4.78 is 10.6. The molecule has 1 atom stereocenters. The Morgan fingerprint density at radius 3 is 2.71 bits per heavy atom. The molecule has 0 aliphatic carbocycles. The maximum absolute atomic E-state index is 10.6. The second-order valence-electron chi connectivity index (χ2n) is 6.41. The van der Waals surface area contributed by atoms with Crippen LogP contribution in [0.15, 0.2) is 60.7 Å². The third kappa shape index (κ3) is 3.47. The van der Waals surface area contributed by atoms with Crippen LogP contribution in [-0.2, 0) is 4.74 Å². The van der Waals surface area contributed by atoms with Gasteiger partial charge in [0.1, 0.15) is 24.3 Å².